The molecule has 6 heteroatoms. The van der Waals surface area contributed by atoms with Gasteiger partial charge in [0.2, 0.25) is 0 Å². The largest absolute Gasteiger partial charge is 0.480 e. The van der Waals surface area contributed by atoms with E-state index in [4.69, 9.17) is 4.74 Å². The van der Waals surface area contributed by atoms with Gasteiger partial charge in [-0.05, 0) is 61.1 Å². The predicted molar refractivity (Wildman–Crippen MR) is 86.3 cm³/mol. The summed E-state index contributed by atoms with van der Waals surface area (Å²) < 4.78 is 6.45. The van der Waals surface area contributed by atoms with Gasteiger partial charge < -0.3 is 14.9 Å². The molecule has 0 fully saturated rings. The molecule has 0 aliphatic rings. The van der Waals surface area contributed by atoms with E-state index in [2.05, 4.69) is 22.6 Å². The van der Waals surface area contributed by atoms with Crippen LogP contribution in [0.15, 0.2) is 24.3 Å². The number of carboxylic acid groups (broad SMARTS) is 2. The maximum atomic E-state index is 11.6. The van der Waals surface area contributed by atoms with Crippen molar-refractivity contribution in [3.63, 3.8) is 0 Å². The first-order chi connectivity index (χ1) is 9.57. The van der Waals surface area contributed by atoms with E-state index < -0.39 is 23.0 Å². The molecule has 0 amide bonds. The van der Waals surface area contributed by atoms with Crippen LogP contribution >= 0.6 is 22.6 Å². The summed E-state index contributed by atoms with van der Waals surface area (Å²) in [6.07, 6.45) is -0.120. The first kappa shape index (κ1) is 17.9. The third kappa shape index (κ3) is 4.96. The van der Waals surface area contributed by atoms with E-state index in [1.165, 1.54) is 0 Å². The van der Waals surface area contributed by atoms with E-state index >= 15 is 0 Å². The van der Waals surface area contributed by atoms with Gasteiger partial charge in [0.05, 0.1) is 12.2 Å². The second-order valence-corrected chi connectivity index (χ2v) is 7.14. The van der Waals surface area contributed by atoms with Crippen LogP contribution in [0.25, 0.3) is 0 Å². The van der Waals surface area contributed by atoms with Gasteiger partial charge >= 0.3 is 11.9 Å². The van der Waals surface area contributed by atoms with E-state index in [9.17, 15) is 19.8 Å². The zero-order valence-electron chi connectivity index (χ0n) is 12.2. The first-order valence-corrected chi connectivity index (χ1v) is 7.50. The van der Waals surface area contributed by atoms with E-state index in [-0.39, 0.29) is 13.0 Å². The lowest BCUT2D eigenvalue weighted by Gasteiger charge is -2.29. The molecular weight excluding hydrogens is 387 g/mol. The Morgan fingerprint density at radius 2 is 1.57 bits per heavy atom. The molecule has 0 atom stereocenters. The number of carbonyl (C=O) groups is 2. The van der Waals surface area contributed by atoms with Gasteiger partial charge in [0.15, 0.2) is 5.41 Å². The molecule has 0 heterocycles. The van der Waals surface area contributed by atoms with Crippen molar-refractivity contribution in [3.05, 3.63) is 33.4 Å². The van der Waals surface area contributed by atoms with Crippen LogP contribution in [0.5, 0.6) is 0 Å². The van der Waals surface area contributed by atoms with E-state index in [1.54, 1.807) is 32.9 Å². The summed E-state index contributed by atoms with van der Waals surface area (Å²) in [7, 11) is 0. The number of hydrogen-bond acceptors (Lipinski definition) is 3. The van der Waals surface area contributed by atoms with Crippen molar-refractivity contribution in [2.75, 3.05) is 6.61 Å². The molecule has 21 heavy (non-hydrogen) atoms. The van der Waals surface area contributed by atoms with Crippen molar-refractivity contribution in [1.29, 1.82) is 0 Å². The van der Waals surface area contributed by atoms with Crippen LogP contribution in [0.1, 0.15) is 26.3 Å². The maximum absolute atomic E-state index is 11.6. The average Bonchev–Trinajstić information content (AvgIpc) is 2.35. The Hall–Kier alpha value is -1.15. The molecule has 5 nitrogen and oxygen atoms in total. The molecule has 1 aromatic carbocycles. The molecule has 0 unspecified atom stereocenters. The van der Waals surface area contributed by atoms with Crippen molar-refractivity contribution in [1.82, 2.24) is 0 Å². The molecule has 0 aliphatic carbocycles. The Kier molecular flexibility index (Phi) is 5.75. The third-order valence-corrected chi connectivity index (χ3v) is 3.71. The number of aliphatic carboxylic acids is 2. The Bertz CT molecular complexity index is 502. The molecule has 0 saturated carbocycles. The molecule has 0 aliphatic heterocycles. The highest BCUT2D eigenvalue weighted by atomic mass is 127. The molecule has 0 saturated heterocycles. The summed E-state index contributed by atoms with van der Waals surface area (Å²) in [5, 5.41) is 18.9. The zero-order valence-corrected chi connectivity index (χ0v) is 14.4. The van der Waals surface area contributed by atoms with Gasteiger partial charge in [-0.15, -0.1) is 0 Å². The second-order valence-electron chi connectivity index (χ2n) is 5.90. The number of rotatable bonds is 6. The number of benzene rings is 1. The molecule has 116 valence electrons. The quantitative estimate of drug-likeness (QED) is 0.561. The van der Waals surface area contributed by atoms with Gasteiger partial charge in [-0.25, -0.2) is 0 Å². The average molecular weight is 406 g/mol. The molecule has 1 rings (SSSR count). The van der Waals surface area contributed by atoms with E-state index in [0.717, 1.165) is 3.57 Å². The predicted octanol–water partition coefficient (Wildman–Crippen LogP) is 2.80. The number of halogens is 1. The highest BCUT2D eigenvalue weighted by Gasteiger charge is 2.48. The smallest absolute Gasteiger partial charge is 0.323 e. The highest BCUT2D eigenvalue weighted by molar-refractivity contribution is 14.1. The minimum atomic E-state index is -1.99. The minimum Gasteiger partial charge on any atom is -0.480 e. The van der Waals surface area contributed by atoms with Crippen molar-refractivity contribution < 1.29 is 24.5 Å². The summed E-state index contributed by atoms with van der Waals surface area (Å²) in [6.45, 7) is 4.89. The summed E-state index contributed by atoms with van der Waals surface area (Å²) >= 11 is 2.13. The van der Waals surface area contributed by atoms with E-state index in [0.29, 0.717) is 5.56 Å². The minimum absolute atomic E-state index is 0.120. The molecular formula is C15H19IO5. The van der Waals surface area contributed by atoms with Crippen molar-refractivity contribution in [2.24, 2.45) is 5.41 Å². The van der Waals surface area contributed by atoms with Crippen LogP contribution in [-0.4, -0.2) is 34.4 Å². The van der Waals surface area contributed by atoms with Crippen molar-refractivity contribution >= 4 is 34.5 Å². The van der Waals surface area contributed by atoms with Crippen LogP contribution in [0.4, 0.5) is 0 Å². The molecule has 2 N–H and O–H groups in total. The fraction of sp³-hybridized carbons (Fsp3) is 0.467. The molecule has 1 aromatic rings. The second kappa shape index (κ2) is 6.74. The lowest BCUT2D eigenvalue weighted by Crippen LogP contribution is -2.47. The van der Waals surface area contributed by atoms with Gasteiger partial charge in [-0.1, -0.05) is 12.1 Å². The topological polar surface area (TPSA) is 83.8 Å². The van der Waals surface area contributed by atoms with Gasteiger partial charge in [-0.2, -0.15) is 0 Å². The summed E-state index contributed by atoms with van der Waals surface area (Å²) in [5.74, 6) is -2.78. The summed E-state index contributed by atoms with van der Waals surface area (Å²) in [4.78, 5) is 23.2. The Morgan fingerprint density at radius 1 is 1.10 bits per heavy atom. The third-order valence-electron chi connectivity index (χ3n) is 2.99. The normalized spacial score (nSPS) is 12.2. The van der Waals surface area contributed by atoms with Crippen LogP contribution < -0.4 is 0 Å². The molecule has 0 aromatic heterocycles. The summed E-state index contributed by atoms with van der Waals surface area (Å²) in [6, 6.07) is 7.10. The molecule has 0 spiro atoms. The SMILES string of the molecule is CC(C)(C)OCC(Cc1ccc(I)cc1)(C(=O)O)C(=O)O. The van der Waals surface area contributed by atoms with Crippen molar-refractivity contribution in [2.45, 2.75) is 32.8 Å². The standard InChI is InChI=1S/C15H19IO5/c1-14(2,3)21-9-15(12(17)18,13(19)20)8-10-4-6-11(16)7-5-10/h4-7H,8-9H2,1-3H3,(H,17,18)(H,19,20). The van der Waals surface area contributed by atoms with E-state index in [1.807, 2.05) is 12.1 Å². The number of carboxylic acids is 2. The number of ether oxygens (including phenoxy) is 1. The van der Waals surface area contributed by atoms with Crippen LogP contribution in [0, 0.1) is 8.99 Å². The van der Waals surface area contributed by atoms with Gasteiger partial charge in [0, 0.05) is 9.99 Å². The lowest BCUT2D eigenvalue weighted by atomic mass is 9.82. The molecule has 0 radical (unpaired) electrons. The Morgan fingerprint density at radius 3 is 1.95 bits per heavy atom. The van der Waals surface area contributed by atoms with Crippen LogP contribution in [-0.2, 0) is 20.7 Å². The Labute approximate surface area is 137 Å². The lowest BCUT2D eigenvalue weighted by molar-refractivity contribution is -0.173. The zero-order chi connectivity index (χ0) is 16.3. The monoisotopic (exact) mass is 406 g/mol. The number of hydrogen-bond donors (Lipinski definition) is 2. The summed E-state index contributed by atoms with van der Waals surface area (Å²) in [5.41, 5.74) is -1.94. The van der Waals surface area contributed by atoms with Gasteiger partial charge in [-0.3, -0.25) is 9.59 Å². The maximum Gasteiger partial charge on any atom is 0.323 e. The fourth-order valence-corrected chi connectivity index (χ4v) is 2.07. The highest BCUT2D eigenvalue weighted by Crippen LogP contribution is 2.27. The van der Waals surface area contributed by atoms with Crippen LogP contribution in [0.2, 0.25) is 0 Å². The fourth-order valence-electron chi connectivity index (χ4n) is 1.71. The van der Waals surface area contributed by atoms with Crippen LogP contribution in [0.3, 0.4) is 0 Å². The van der Waals surface area contributed by atoms with Gasteiger partial charge in [0.1, 0.15) is 0 Å². The first-order valence-electron chi connectivity index (χ1n) is 6.42. The Balaban J connectivity index is 3.08. The molecule has 0 bridgehead atoms. The van der Waals surface area contributed by atoms with Gasteiger partial charge in [0.25, 0.3) is 0 Å². The van der Waals surface area contributed by atoms with Crippen molar-refractivity contribution in [3.8, 4) is 0 Å².